The van der Waals surface area contributed by atoms with Gasteiger partial charge in [0.25, 0.3) is 0 Å². The number of hydrogen-bond acceptors (Lipinski definition) is 4. The van der Waals surface area contributed by atoms with E-state index >= 15 is 0 Å². The van der Waals surface area contributed by atoms with E-state index in [0.29, 0.717) is 5.69 Å². The zero-order valence-electron chi connectivity index (χ0n) is 15.0. The molecular formula is C18H25N3O2Si. The number of aldehydes is 1. The molecule has 0 amide bonds. The van der Waals surface area contributed by atoms with Crippen LogP contribution in [0.5, 0.6) is 0 Å². The first-order chi connectivity index (χ1) is 11.2. The molecule has 0 radical (unpaired) electrons. The molecule has 2 aromatic rings. The van der Waals surface area contributed by atoms with Crippen LogP contribution in [0.25, 0.3) is 0 Å². The summed E-state index contributed by atoms with van der Waals surface area (Å²) in [7, 11) is -1.92. The van der Waals surface area contributed by atoms with E-state index in [2.05, 4.69) is 62.4 Å². The first-order valence-electron chi connectivity index (χ1n) is 8.35. The predicted molar refractivity (Wildman–Crippen MR) is 95.8 cm³/mol. The topological polar surface area (TPSA) is 57.0 Å². The van der Waals surface area contributed by atoms with Crippen LogP contribution >= 0.6 is 0 Å². The standard InChI is InChI=1S/C18H25N3O2Si/c1-18(2,3)24(4,5)23-16-10-13-8-6-7-9-15(13)17(16)21-11-14(12-22)19-20-21/h6-9,11-12,16-17H,10H2,1-5H3. The Morgan fingerprint density at radius 3 is 2.62 bits per heavy atom. The van der Waals surface area contributed by atoms with Gasteiger partial charge in [-0.15, -0.1) is 5.10 Å². The van der Waals surface area contributed by atoms with E-state index in [0.717, 1.165) is 12.7 Å². The van der Waals surface area contributed by atoms with Crippen molar-refractivity contribution in [1.29, 1.82) is 0 Å². The van der Waals surface area contributed by atoms with E-state index in [-0.39, 0.29) is 17.2 Å². The highest BCUT2D eigenvalue weighted by Gasteiger charge is 2.44. The van der Waals surface area contributed by atoms with Gasteiger partial charge in [-0.25, -0.2) is 4.68 Å². The molecule has 2 atom stereocenters. The van der Waals surface area contributed by atoms with Gasteiger partial charge < -0.3 is 4.43 Å². The fourth-order valence-electron chi connectivity index (χ4n) is 2.99. The van der Waals surface area contributed by atoms with Crippen molar-refractivity contribution in [2.75, 3.05) is 0 Å². The fourth-order valence-corrected chi connectivity index (χ4v) is 4.31. The Labute approximate surface area is 144 Å². The number of rotatable bonds is 4. The van der Waals surface area contributed by atoms with Crippen molar-refractivity contribution in [2.24, 2.45) is 0 Å². The summed E-state index contributed by atoms with van der Waals surface area (Å²) in [6.45, 7) is 11.3. The molecule has 6 heteroatoms. The molecule has 0 saturated heterocycles. The van der Waals surface area contributed by atoms with Crippen molar-refractivity contribution in [1.82, 2.24) is 15.0 Å². The minimum atomic E-state index is -1.92. The first-order valence-corrected chi connectivity index (χ1v) is 11.3. The Bertz CT molecular complexity index is 749. The van der Waals surface area contributed by atoms with Crippen molar-refractivity contribution >= 4 is 14.6 Å². The van der Waals surface area contributed by atoms with Crippen molar-refractivity contribution in [3.63, 3.8) is 0 Å². The van der Waals surface area contributed by atoms with Gasteiger partial charge in [-0.2, -0.15) is 0 Å². The van der Waals surface area contributed by atoms with E-state index in [9.17, 15) is 4.79 Å². The zero-order valence-corrected chi connectivity index (χ0v) is 16.0. The van der Waals surface area contributed by atoms with E-state index in [1.807, 2.05) is 6.07 Å². The zero-order chi connectivity index (χ0) is 17.5. The predicted octanol–water partition coefficient (Wildman–Crippen LogP) is 3.63. The lowest BCUT2D eigenvalue weighted by atomic mass is 10.1. The van der Waals surface area contributed by atoms with Crippen molar-refractivity contribution < 1.29 is 9.22 Å². The number of carbonyl (C=O) groups is 1. The number of hydrogen-bond donors (Lipinski definition) is 0. The summed E-state index contributed by atoms with van der Waals surface area (Å²) >= 11 is 0. The van der Waals surface area contributed by atoms with Gasteiger partial charge in [0.15, 0.2) is 14.6 Å². The molecule has 1 aromatic carbocycles. The summed E-state index contributed by atoms with van der Waals surface area (Å²) in [6, 6.07) is 8.34. The second-order valence-electron chi connectivity index (χ2n) is 8.01. The minimum absolute atomic E-state index is 0.0180. The van der Waals surface area contributed by atoms with Crippen LogP contribution in [0.2, 0.25) is 18.1 Å². The molecule has 1 aromatic heterocycles. The van der Waals surface area contributed by atoms with Gasteiger partial charge in [-0.3, -0.25) is 4.79 Å². The number of fused-ring (bicyclic) bond motifs is 1. The summed E-state index contributed by atoms with van der Waals surface area (Å²) in [5.74, 6) is 0. The van der Waals surface area contributed by atoms with Crippen molar-refractivity contribution in [2.45, 2.75) is 57.5 Å². The molecule has 0 saturated carbocycles. The minimum Gasteiger partial charge on any atom is -0.411 e. The van der Waals surface area contributed by atoms with Gasteiger partial charge in [-0.1, -0.05) is 50.3 Å². The maximum atomic E-state index is 11.0. The molecule has 1 heterocycles. The van der Waals surface area contributed by atoms with Crippen LogP contribution in [-0.4, -0.2) is 35.7 Å². The monoisotopic (exact) mass is 343 g/mol. The number of nitrogens with zero attached hydrogens (tertiary/aromatic N) is 3. The van der Waals surface area contributed by atoms with E-state index in [1.165, 1.54) is 11.1 Å². The second kappa shape index (κ2) is 5.93. The third-order valence-corrected chi connectivity index (χ3v) is 9.84. The molecule has 1 aliphatic rings. The molecule has 0 aliphatic heterocycles. The van der Waals surface area contributed by atoms with Crippen LogP contribution in [0.3, 0.4) is 0 Å². The fraction of sp³-hybridized carbons (Fsp3) is 0.500. The Morgan fingerprint density at radius 1 is 1.29 bits per heavy atom. The average Bonchev–Trinajstić information content (AvgIpc) is 3.08. The van der Waals surface area contributed by atoms with Crippen LogP contribution in [0.4, 0.5) is 0 Å². The third kappa shape index (κ3) is 2.96. The largest absolute Gasteiger partial charge is 0.411 e. The smallest absolute Gasteiger partial charge is 0.192 e. The molecule has 24 heavy (non-hydrogen) atoms. The van der Waals surface area contributed by atoms with Crippen LogP contribution in [-0.2, 0) is 10.8 Å². The maximum Gasteiger partial charge on any atom is 0.192 e. The maximum absolute atomic E-state index is 11.0. The van der Waals surface area contributed by atoms with Crippen LogP contribution in [0.15, 0.2) is 30.5 Å². The lowest BCUT2D eigenvalue weighted by Gasteiger charge is -2.39. The Balaban J connectivity index is 1.98. The normalized spacial score (nSPS) is 20.9. The molecule has 0 bridgehead atoms. The average molecular weight is 344 g/mol. The van der Waals surface area contributed by atoms with Gasteiger partial charge in [0.2, 0.25) is 0 Å². The summed E-state index contributed by atoms with van der Waals surface area (Å²) in [4.78, 5) is 11.0. The third-order valence-electron chi connectivity index (χ3n) is 5.33. The summed E-state index contributed by atoms with van der Waals surface area (Å²) in [5.41, 5.74) is 2.85. The lowest BCUT2D eigenvalue weighted by molar-refractivity contribution is 0.111. The molecule has 3 rings (SSSR count). The van der Waals surface area contributed by atoms with E-state index in [4.69, 9.17) is 4.43 Å². The lowest BCUT2D eigenvalue weighted by Crippen LogP contribution is -2.45. The summed E-state index contributed by atoms with van der Waals surface area (Å²) < 4.78 is 8.50. The molecule has 5 nitrogen and oxygen atoms in total. The highest BCUT2D eigenvalue weighted by molar-refractivity contribution is 6.74. The van der Waals surface area contributed by atoms with Gasteiger partial charge in [-0.05, 0) is 29.3 Å². The number of aromatic nitrogens is 3. The number of benzene rings is 1. The molecule has 2 unspecified atom stereocenters. The van der Waals surface area contributed by atoms with Gasteiger partial charge in [0, 0.05) is 6.42 Å². The molecule has 0 spiro atoms. The Kier molecular flexibility index (Phi) is 4.21. The van der Waals surface area contributed by atoms with E-state index in [1.54, 1.807) is 10.9 Å². The van der Waals surface area contributed by atoms with Crippen LogP contribution < -0.4 is 0 Å². The summed E-state index contributed by atoms with van der Waals surface area (Å²) in [5, 5.41) is 8.26. The Hall–Kier alpha value is -1.79. The highest BCUT2D eigenvalue weighted by atomic mass is 28.4. The Morgan fingerprint density at radius 2 is 2.00 bits per heavy atom. The van der Waals surface area contributed by atoms with Crippen LogP contribution in [0, 0.1) is 0 Å². The van der Waals surface area contributed by atoms with Gasteiger partial charge in [0.1, 0.15) is 11.7 Å². The van der Waals surface area contributed by atoms with Crippen LogP contribution in [0.1, 0.15) is 48.4 Å². The molecule has 0 N–H and O–H groups in total. The SMILES string of the molecule is CC(C)(C)[Si](C)(C)OC1Cc2ccccc2C1n1cc(C=O)nn1. The van der Waals surface area contributed by atoms with Gasteiger partial charge in [0.05, 0.1) is 12.3 Å². The highest BCUT2D eigenvalue weighted by Crippen LogP contribution is 2.43. The molecular weight excluding hydrogens is 318 g/mol. The van der Waals surface area contributed by atoms with E-state index < -0.39 is 8.32 Å². The number of carbonyl (C=O) groups excluding carboxylic acids is 1. The molecule has 128 valence electrons. The first kappa shape index (κ1) is 17.0. The van der Waals surface area contributed by atoms with Gasteiger partial charge >= 0.3 is 0 Å². The second-order valence-corrected chi connectivity index (χ2v) is 12.8. The van der Waals surface area contributed by atoms with Crippen molar-refractivity contribution in [3.05, 3.63) is 47.3 Å². The molecule has 0 fully saturated rings. The quantitative estimate of drug-likeness (QED) is 0.628. The summed E-state index contributed by atoms with van der Waals surface area (Å²) in [6.07, 6.45) is 3.32. The van der Waals surface area contributed by atoms with Crippen molar-refractivity contribution in [3.8, 4) is 0 Å². The molecule has 1 aliphatic carbocycles.